The molecule has 0 fully saturated rings. The number of aryl methyl sites for hydroxylation is 1. The molecule has 0 radical (unpaired) electrons. The van der Waals surface area contributed by atoms with Crippen molar-refractivity contribution in [2.24, 2.45) is 0 Å². The Labute approximate surface area is 105 Å². The molecule has 0 aliphatic rings. The molecule has 1 rings (SSSR count). The lowest BCUT2D eigenvalue weighted by Gasteiger charge is -2.24. The van der Waals surface area contributed by atoms with E-state index in [2.05, 4.69) is 39.0 Å². The minimum Gasteiger partial charge on any atom is -0.496 e. The number of methoxy groups -OCH3 is 1. The first-order chi connectivity index (χ1) is 8.00. The van der Waals surface area contributed by atoms with Crippen molar-refractivity contribution in [2.45, 2.75) is 45.4 Å². The summed E-state index contributed by atoms with van der Waals surface area (Å²) in [5.41, 5.74) is 2.59. The third-order valence-corrected chi connectivity index (χ3v) is 2.96. The van der Waals surface area contributed by atoms with Crippen LogP contribution in [0.1, 0.15) is 44.7 Å². The van der Waals surface area contributed by atoms with Gasteiger partial charge in [0.15, 0.2) is 0 Å². The van der Waals surface area contributed by atoms with Crippen LogP contribution in [0.25, 0.3) is 0 Å². The topological polar surface area (TPSA) is 29.5 Å². The maximum absolute atomic E-state index is 8.82. The van der Waals surface area contributed by atoms with Crippen molar-refractivity contribution in [2.75, 3.05) is 13.7 Å². The average Bonchev–Trinajstić information content (AvgIpc) is 2.28. The summed E-state index contributed by atoms with van der Waals surface area (Å²) in [4.78, 5) is 0. The zero-order chi connectivity index (χ0) is 12.9. The minimum atomic E-state index is 0.0956. The first-order valence-corrected chi connectivity index (χ1v) is 6.28. The second kappa shape index (κ2) is 6.06. The second-order valence-corrected chi connectivity index (χ2v) is 5.43. The van der Waals surface area contributed by atoms with Crippen LogP contribution in [0.4, 0.5) is 0 Å². The third-order valence-electron chi connectivity index (χ3n) is 2.96. The lowest BCUT2D eigenvalue weighted by atomic mass is 9.84. The number of benzene rings is 1. The number of hydrogen-bond donors (Lipinski definition) is 1. The maximum Gasteiger partial charge on any atom is 0.125 e. The molecular weight excluding hydrogens is 212 g/mol. The monoisotopic (exact) mass is 236 g/mol. The van der Waals surface area contributed by atoms with Crippen molar-refractivity contribution in [3.05, 3.63) is 29.3 Å². The Balaban J connectivity index is 2.98. The van der Waals surface area contributed by atoms with Gasteiger partial charge >= 0.3 is 0 Å². The fraction of sp³-hybridized carbons (Fsp3) is 0.600. The fourth-order valence-electron chi connectivity index (χ4n) is 2.04. The Bertz CT molecular complexity index is 350. The first kappa shape index (κ1) is 14.0. The standard InChI is InChI=1S/C15H24O2/c1-15(2,3)13-10-7-9-12(14(13)17-4)8-5-6-11-16/h7,9-10,16H,5-6,8,11H2,1-4H3. The van der Waals surface area contributed by atoms with Gasteiger partial charge in [-0.15, -0.1) is 0 Å². The highest BCUT2D eigenvalue weighted by atomic mass is 16.5. The molecule has 1 aromatic carbocycles. The SMILES string of the molecule is COc1c(CCCCO)cccc1C(C)(C)C. The Kier molecular flexibility index (Phi) is 5.01. The van der Waals surface area contributed by atoms with Gasteiger partial charge in [-0.05, 0) is 35.8 Å². The van der Waals surface area contributed by atoms with Crippen molar-refractivity contribution < 1.29 is 9.84 Å². The molecule has 0 atom stereocenters. The van der Waals surface area contributed by atoms with Gasteiger partial charge in [-0.1, -0.05) is 39.0 Å². The van der Waals surface area contributed by atoms with E-state index in [4.69, 9.17) is 9.84 Å². The molecule has 0 aliphatic heterocycles. The summed E-state index contributed by atoms with van der Waals surface area (Å²) in [6.45, 7) is 6.86. The molecule has 0 bridgehead atoms. The molecule has 0 spiro atoms. The van der Waals surface area contributed by atoms with E-state index in [0.717, 1.165) is 25.0 Å². The third kappa shape index (κ3) is 3.74. The smallest absolute Gasteiger partial charge is 0.125 e. The molecular formula is C15H24O2. The van der Waals surface area contributed by atoms with Crippen LogP contribution >= 0.6 is 0 Å². The highest BCUT2D eigenvalue weighted by Crippen LogP contribution is 2.34. The summed E-state index contributed by atoms with van der Waals surface area (Å²) in [5.74, 6) is 1.01. The molecule has 2 heteroatoms. The zero-order valence-electron chi connectivity index (χ0n) is 11.4. The van der Waals surface area contributed by atoms with Gasteiger partial charge in [0.25, 0.3) is 0 Å². The van der Waals surface area contributed by atoms with E-state index in [0.29, 0.717) is 0 Å². The largest absolute Gasteiger partial charge is 0.496 e. The van der Waals surface area contributed by atoms with E-state index in [1.807, 2.05) is 0 Å². The number of unbranched alkanes of at least 4 members (excludes halogenated alkanes) is 1. The molecule has 1 N–H and O–H groups in total. The lowest BCUT2D eigenvalue weighted by Crippen LogP contribution is -2.13. The highest BCUT2D eigenvalue weighted by Gasteiger charge is 2.20. The van der Waals surface area contributed by atoms with Crippen molar-refractivity contribution in [3.8, 4) is 5.75 Å². The van der Waals surface area contributed by atoms with E-state index in [1.165, 1.54) is 11.1 Å². The quantitative estimate of drug-likeness (QED) is 0.795. The molecule has 96 valence electrons. The van der Waals surface area contributed by atoms with Crippen LogP contribution in [0.3, 0.4) is 0 Å². The molecule has 0 unspecified atom stereocenters. The lowest BCUT2D eigenvalue weighted by molar-refractivity contribution is 0.284. The van der Waals surface area contributed by atoms with Crippen molar-refractivity contribution in [1.29, 1.82) is 0 Å². The Morgan fingerprint density at radius 1 is 1.18 bits per heavy atom. The van der Waals surface area contributed by atoms with Gasteiger partial charge < -0.3 is 9.84 Å². The van der Waals surface area contributed by atoms with Crippen LogP contribution in [0.5, 0.6) is 5.75 Å². The fourth-order valence-corrected chi connectivity index (χ4v) is 2.04. The first-order valence-electron chi connectivity index (χ1n) is 6.28. The van der Waals surface area contributed by atoms with Crippen LogP contribution in [-0.4, -0.2) is 18.8 Å². The summed E-state index contributed by atoms with van der Waals surface area (Å²) in [5, 5.41) is 8.82. The number of ether oxygens (including phenoxy) is 1. The van der Waals surface area contributed by atoms with E-state index in [1.54, 1.807) is 7.11 Å². The zero-order valence-corrected chi connectivity index (χ0v) is 11.4. The van der Waals surface area contributed by atoms with E-state index in [9.17, 15) is 0 Å². The van der Waals surface area contributed by atoms with Gasteiger partial charge in [0.1, 0.15) is 5.75 Å². The summed E-state index contributed by atoms with van der Waals surface area (Å²) in [6, 6.07) is 6.34. The number of rotatable bonds is 5. The van der Waals surface area contributed by atoms with Crippen LogP contribution in [0.2, 0.25) is 0 Å². The number of aliphatic hydroxyl groups is 1. The molecule has 0 saturated carbocycles. The predicted octanol–water partition coefficient (Wildman–Crippen LogP) is 3.31. The number of hydrogen-bond acceptors (Lipinski definition) is 2. The Morgan fingerprint density at radius 3 is 2.41 bits per heavy atom. The summed E-state index contributed by atoms with van der Waals surface area (Å²) in [6.07, 6.45) is 2.82. The van der Waals surface area contributed by atoms with Gasteiger partial charge in [0.2, 0.25) is 0 Å². The van der Waals surface area contributed by atoms with Crippen LogP contribution in [-0.2, 0) is 11.8 Å². The molecule has 0 saturated heterocycles. The Morgan fingerprint density at radius 2 is 1.88 bits per heavy atom. The summed E-state index contributed by atoms with van der Waals surface area (Å²) in [7, 11) is 1.74. The molecule has 0 amide bonds. The minimum absolute atomic E-state index is 0.0956. The van der Waals surface area contributed by atoms with E-state index >= 15 is 0 Å². The number of para-hydroxylation sites is 1. The van der Waals surface area contributed by atoms with Gasteiger partial charge in [-0.2, -0.15) is 0 Å². The molecule has 0 aromatic heterocycles. The second-order valence-electron chi connectivity index (χ2n) is 5.43. The van der Waals surface area contributed by atoms with Crippen LogP contribution in [0, 0.1) is 0 Å². The van der Waals surface area contributed by atoms with Crippen LogP contribution < -0.4 is 4.74 Å². The summed E-state index contributed by atoms with van der Waals surface area (Å²) < 4.78 is 5.57. The highest BCUT2D eigenvalue weighted by molar-refractivity contribution is 5.45. The van der Waals surface area contributed by atoms with E-state index < -0.39 is 0 Å². The Hall–Kier alpha value is -1.02. The molecule has 2 nitrogen and oxygen atoms in total. The normalized spacial score (nSPS) is 11.6. The average molecular weight is 236 g/mol. The van der Waals surface area contributed by atoms with Crippen molar-refractivity contribution in [3.63, 3.8) is 0 Å². The molecule has 17 heavy (non-hydrogen) atoms. The van der Waals surface area contributed by atoms with Gasteiger partial charge in [0.05, 0.1) is 7.11 Å². The number of aliphatic hydroxyl groups excluding tert-OH is 1. The van der Waals surface area contributed by atoms with Gasteiger partial charge in [0, 0.05) is 6.61 Å². The van der Waals surface area contributed by atoms with Crippen molar-refractivity contribution >= 4 is 0 Å². The van der Waals surface area contributed by atoms with E-state index in [-0.39, 0.29) is 12.0 Å². The molecule has 0 aliphatic carbocycles. The predicted molar refractivity (Wildman–Crippen MR) is 71.7 cm³/mol. The van der Waals surface area contributed by atoms with Crippen molar-refractivity contribution in [1.82, 2.24) is 0 Å². The summed E-state index contributed by atoms with van der Waals surface area (Å²) >= 11 is 0. The maximum atomic E-state index is 8.82. The molecule has 0 heterocycles. The molecule has 1 aromatic rings. The van der Waals surface area contributed by atoms with Gasteiger partial charge in [-0.25, -0.2) is 0 Å². The van der Waals surface area contributed by atoms with Crippen LogP contribution in [0.15, 0.2) is 18.2 Å². The van der Waals surface area contributed by atoms with Gasteiger partial charge in [-0.3, -0.25) is 0 Å².